The quantitative estimate of drug-likeness (QED) is 0.907. The van der Waals surface area contributed by atoms with Gasteiger partial charge < -0.3 is 10.4 Å². The SMILES string of the molecule is O=C(Nc1ccsc1C(=O)O)c1ccc(C(F)(F)F)cc1. The zero-order chi connectivity index (χ0) is 15.6. The van der Waals surface area contributed by atoms with Crippen LogP contribution < -0.4 is 5.32 Å². The first-order valence-electron chi connectivity index (χ1n) is 5.58. The molecule has 8 heteroatoms. The summed E-state index contributed by atoms with van der Waals surface area (Å²) in [6.45, 7) is 0. The summed E-state index contributed by atoms with van der Waals surface area (Å²) in [5, 5.41) is 12.7. The Bertz CT molecular complexity index is 677. The number of carbonyl (C=O) groups excluding carboxylic acids is 1. The van der Waals surface area contributed by atoms with Crippen LogP contribution >= 0.6 is 11.3 Å². The van der Waals surface area contributed by atoms with Crippen LogP contribution in [0.2, 0.25) is 0 Å². The van der Waals surface area contributed by atoms with Gasteiger partial charge in [0.25, 0.3) is 5.91 Å². The maximum Gasteiger partial charge on any atom is 0.416 e. The number of rotatable bonds is 3. The fourth-order valence-electron chi connectivity index (χ4n) is 1.58. The summed E-state index contributed by atoms with van der Waals surface area (Å²) in [5.74, 6) is -1.86. The van der Waals surface area contributed by atoms with Gasteiger partial charge in [0.15, 0.2) is 0 Å². The number of aromatic carboxylic acids is 1. The molecule has 0 spiro atoms. The molecule has 0 saturated carbocycles. The van der Waals surface area contributed by atoms with Gasteiger partial charge in [-0.2, -0.15) is 13.2 Å². The number of benzene rings is 1. The van der Waals surface area contributed by atoms with Crippen molar-refractivity contribution in [3.63, 3.8) is 0 Å². The van der Waals surface area contributed by atoms with Gasteiger partial charge in [0.2, 0.25) is 0 Å². The Morgan fingerprint density at radius 3 is 2.24 bits per heavy atom. The molecule has 1 amide bonds. The van der Waals surface area contributed by atoms with Gasteiger partial charge in [-0.15, -0.1) is 11.3 Å². The molecule has 0 atom stereocenters. The highest BCUT2D eigenvalue weighted by molar-refractivity contribution is 7.12. The number of carbonyl (C=O) groups is 2. The Kier molecular flexibility index (Phi) is 3.99. The molecule has 2 N–H and O–H groups in total. The van der Waals surface area contributed by atoms with E-state index in [1.165, 1.54) is 11.4 Å². The molecule has 0 unspecified atom stereocenters. The minimum Gasteiger partial charge on any atom is -0.477 e. The van der Waals surface area contributed by atoms with Gasteiger partial charge in [-0.1, -0.05) is 0 Å². The third-order valence-corrected chi connectivity index (χ3v) is 3.48. The number of halogens is 3. The molecule has 0 aliphatic rings. The van der Waals surface area contributed by atoms with E-state index >= 15 is 0 Å². The number of anilines is 1. The Balaban J connectivity index is 2.17. The number of hydrogen-bond acceptors (Lipinski definition) is 3. The number of amides is 1. The molecule has 110 valence electrons. The first-order chi connectivity index (χ1) is 9.79. The summed E-state index contributed by atoms with van der Waals surface area (Å²) in [6.07, 6.45) is -4.47. The molecular formula is C13H8F3NO3S. The van der Waals surface area contributed by atoms with E-state index in [2.05, 4.69) is 5.32 Å². The van der Waals surface area contributed by atoms with E-state index in [4.69, 9.17) is 5.11 Å². The molecule has 1 aromatic carbocycles. The molecule has 2 rings (SSSR count). The van der Waals surface area contributed by atoms with Gasteiger partial charge >= 0.3 is 12.1 Å². The Labute approximate surface area is 120 Å². The fourth-order valence-corrected chi connectivity index (χ4v) is 2.27. The number of nitrogens with one attached hydrogen (secondary N) is 1. The monoisotopic (exact) mass is 315 g/mol. The molecule has 0 saturated heterocycles. The zero-order valence-corrected chi connectivity index (χ0v) is 11.1. The molecule has 0 bridgehead atoms. The molecule has 0 aliphatic heterocycles. The molecular weight excluding hydrogens is 307 g/mol. The van der Waals surface area contributed by atoms with Crippen molar-refractivity contribution in [1.82, 2.24) is 0 Å². The lowest BCUT2D eigenvalue weighted by Gasteiger charge is -2.08. The second kappa shape index (κ2) is 5.57. The van der Waals surface area contributed by atoms with Crippen LogP contribution in [0, 0.1) is 0 Å². The lowest BCUT2D eigenvalue weighted by atomic mass is 10.1. The molecule has 1 aromatic heterocycles. The van der Waals surface area contributed by atoms with Crippen LogP contribution in [0.3, 0.4) is 0 Å². The first kappa shape index (κ1) is 15.0. The second-order valence-corrected chi connectivity index (χ2v) is 4.91. The van der Waals surface area contributed by atoms with E-state index in [9.17, 15) is 22.8 Å². The van der Waals surface area contributed by atoms with E-state index in [0.717, 1.165) is 35.6 Å². The van der Waals surface area contributed by atoms with Gasteiger partial charge in [0, 0.05) is 5.56 Å². The summed E-state index contributed by atoms with van der Waals surface area (Å²) in [6, 6.07) is 5.06. The van der Waals surface area contributed by atoms with E-state index in [0.29, 0.717) is 0 Å². The highest BCUT2D eigenvalue weighted by atomic mass is 32.1. The standard InChI is InChI=1S/C13H8F3NO3S/c14-13(15,16)8-3-1-7(2-4-8)11(18)17-9-5-6-21-10(9)12(19)20/h1-6H,(H,17,18)(H,19,20). The van der Waals surface area contributed by atoms with E-state index in [1.54, 1.807) is 0 Å². The van der Waals surface area contributed by atoms with Crippen molar-refractivity contribution in [2.24, 2.45) is 0 Å². The zero-order valence-electron chi connectivity index (χ0n) is 10.3. The maximum absolute atomic E-state index is 12.4. The normalized spacial score (nSPS) is 11.2. The predicted octanol–water partition coefficient (Wildman–Crippen LogP) is 3.72. The predicted molar refractivity (Wildman–Crippen MR) is 70.7 cm³/mol. The third kappa shape index (κ3) is 3.40. The Morgan fingerprint density at radius 2 is 1.71 bits per heavy atom. The van der Waals surface area contributed by atoms with Crippen molar-refractivity contribution < 1.29 is 27.9 Å². The van der Waals surface area contributed by atoms with Crippen LogP contribution in [0.5, 0.6) is 0 Å². The van der Waals surface area contributed by atoms with Crippen molar-refractivity contribution in [2.45, 2.75) is 6.18 Å². The van der Waals surface area contributed by atoms with Gasteiger partial charge in [-0.05, 0) is 35.7 Å². The lowest BCUT2D eigenvalue weighted by molar-refractivity contribution is -0.137. The largest absolute Gasteiger partial charge is 0.477 e. The minimum atomic E-state index is -4.47. The van der Waals surface area contributed by atoms with Crippen LogP contribution in [0.4, 0.5) is 18.9 Å². The van der Waals surface area contributed by atoms with Crippen molar-refractivity contribution in [2.75, 3.05) is 5.32 Å². The van der Waals surface area contributed by atoms with Crippen molar-refractivity contribution >= 4 is 28.9 Å². The average Bonchev–Trinajstić information content (AvgIpc) is 2.86. The highest BCUT2D eigenvalue weighted by Gasteiger charge is 2.30. The van der Waals surface area contributed by atoms with Gasteiger partial charge in [-0.3, -0.25) is 4.79 Å². The molecule has 4 nitrogen and oxygen atoms in total. The van der Waals surface area contributed by atoms with Crippen LogP contribution in [-0.2, 0) is 6.18 Å². The van der Waals surface area contributed by atoms with Crippen molar-refractivity contribution in [3.8, 4) is 0 Å². The van der Waals surface area contributed by atoms with Gasteiger partial charge in [-0.25, -0.2) is 4.79 Å². The summed E-state index contributed by atoms with van der Waals surface area (Å²) in [4.78, 5) is 22.7. The number of carboxylic acids is 1. The van der Waals surface area contributed by atoms with E-state index in [1.807, 2.05) is 0 Å². The van der Waals surface area contributed by atoms with Crippen LogP contribution in [-0.4, -0.2) is 17.0 Å². The minimum absolute atomic E-state index is 0.00513. The molecule has 0 aliphatic carbocycles. The summed E-state index contributed by atoms with van der Waals surface area (Å²) in [5.41, 5.74) is -0.747. The third-order valence-electron chi connectivity index (χ3n) is 2.58. The molecule has 0 radical (unpaired) electrons. The summed E-state index contributed by atoms with van der Waals surface area (Å²) in [7, 11) is 0. The Morgan fingerprint density at radius 1 is 1.10 bits per heavy atom. The van der Waals surface area contributed by atoms with Crippen LogP contribution in [0.25, 0.3) is 0 Å². The molecule has 2 aromatic rings. The summed E-state index contributed by atoms with van der Waals surface area (Å²) < 4.78 is 37.2. The van der Waals surface area contributed by atoms with E-state index in [-0.39, 0.29) is 16.1 Å². The van der Waals surface area contributed by atoms with Crippen molar-refractivity contribution in [3.05, 3.63) is 51.7 Å². The molecule has 1 heterocycles. The Hall–Kier alpha value is -2.35. The van der Waals surface area contributed by atoms with Gasteiger partial charge in [0.05, 0.1) is 11.3 Å². The smallest absolute Gasteiger partial charge is 0.416 e. The first-order valence-corrected chi connectivity index (χ1v) is 6.46. The number of carboxylic acid groups (broad SMARTS) is 1. The second-order valence-electron chi connectivity index (χ2n) is 4.00. The average molecular weight is 315 g/mol. The van der Waals surface area contributed by atoms with Crippen molar-refractivity contribution in [1.29, 1.82) is 0 Å². The number of alkyl halides is 3. The van der Waals surface area contributed by atoms with E-state index < -0.39 is 23.6 Å². The topological polar surface area (TPSA) is 66.4 Å². The van der Waals surface area contributed by atoms with Crippen LogP contribution in [0.15, 0.2) is 35.7 Å². The highest BCUT2D eigenvalue weighted by Crippen LogP contribution is 2.29. The molecule has 21 heavy (non-hydrogen) atoms. The van der Waals surface area contributed by atoms with Crippen LogP contribution in [0.1, 0.15) is 25.6 Å². The maximum atomic E-state index is 12.4. The number of thiophene rings is 1. The number of hydrogen-bond donors (Lipinski definition) is 2. The fraction of sp³-hybridized carbons (Fsp3) is 0.0769. The van der Waals surface area contributed by atoms with Gasteiger partial charge in [0.1, 0.15) is 4.88 Å². The summed E-state index contributed by atoms with van der Waals surface area (Å²) >= 11 is 0.938. The molecule has 0 fully saturated rings. The lowest BCUT2D eigenvalue weighted by Crippen LogP contribution is -2.14.